The fourth-order valence-corrected chi connectivity index (χ4v) is 3.15. The first-order chi connectivity index (χ1) is 15.9. The highest BCUT2D eigenvalue weighted by molar-refractivity contribution is 5.62. The number of alkyl halides is 3. The predicted molar refractivity (Wildman–Crippen MR) is 118 cm³/mol. The summed E-state index contributed by atoms with van der Waals surface area (Å²) in [4.78, 5) is 8.79. The fourth-order valence-electron chi connectivity index (χ4n) is 3.15. The lowest BCUT2D eigenvalue weighted by atomic mass is 10.1. The van der Waals surface area contributed by atoms with E-state index in [-0.39, 0.29) is 17.6 Å². The van der Waals surface area contributed by atoms with Gasteiger partial charge in [-0.15, -0.1) is 0 Å². The molecule has 168 valence electrons. The summed E-state index contributed by atoms with van der Waals surface area (Å²) in [6.45, 7) is 0.421. The molecule has 33 heavy (non-hydrogen) atoms. The molecule has 0 aliphatic carbocycles. The number of anilines is 1. The van der Waals surface area contributed by atoms with Crippen molar-refractivity contribution in [3.05, 3.63) is 102 Å². The van der Waals surface area contributed by atoms with Crippen LogP contribution in [-0.4, -0.2) is 16.5 Å². The highest BCUT2D eigenvalue weighted by Crippen LogP contribution is 2.32. The monoisotopic (exact) mass is 453 g/mol. The molecule has 0 atom stereocenters. The largest absolute Gasteiger partial charge is 0.439 e. The molecule has 4 nitrogen and oxygen atoms in total. The summed E-state index contributed by atoms with van der Waals surface area (Å²) in [5.41, 5.74) is 0.950. The Hall–Kier alpha value is -3.94. The second kappa shape index (κ2) is 9.68. The molecular formula is C25H19F4N3O. The lowest BCUT2D eigenvalue weighted by Crippen LogP contribution is -2.09. The number of benzene rings is 3. The highest BCUT2D eigenvalue weighted by Gasteiger charge is 2.30. The van der Waals surface area contributed by atoms with Gasteiger partial charge in [0.2, 0.25) is 11.8 Å². The SMILES string of the molecule is Fc1cccc(CCNc2nc(Oc3ccccc3)cc(-c3ccc(C(F)(F)F)cc3)n2)c1. The van der Waals surface area contributed by atoms with Crippen molar-refractivity contribution < 1.29 is 22.3 Å². The number of halogens is 4. The van der Waals surface area contributed by atoms with Crippen molar-refractivity contribution in [2.45, 2.75) is 12.6 Å². The number of nitrogens with zero attached hydrogens (tertiary/aromatic N) is 2. The van der Waals surface area contributed by atoms with E-state index in [4.69, 9.17) is 4.74 Å². The third kappa shape index (κ3) is 6.06. The summed E-state index contributed by atoms with van der Waals surface area (Å²) >= 11 is 0. The van der Waals surface area contributed by atoms with Crippen molar-refractivity contribution in [2.24, 2.45) is 0 Å². The number of hydrogen-bond donors (Lipinski definition) is 1. The first-order valence-electron chi connectivity index (χ1n) is 10.1. The number of ether oxygens (including phenoxy) is 1. The fraction of sp³-hybridized carbons (Fsp3) is 0.120. The molecule has 4 rings (SSSR count). The summed E-state index contributed by atoms with van der Waals surface area (Å²) in [7, 11) is 0. The van der Waals surface area contributed by atoms with Crippen LogP contribution in [0.3, 0.4) is 0 Å². The second-order valence-corrected chi connectivity index (χ2v) is 7.21. The molecule has 8 heteroatoms. The van der Waals surface area contributed by atoms with Crippen LogP contribution in [0.2, 0.25) is 0 Å². The third-order valence-electron chi connectivity index (χ3n) is 4.76. The van der Waals surface area contributed by atoms with Gasteiger partial charge in [0.25, 0.3) is 0 Å². The van der Waals surface area contributed by atoms with Crippen LogP contribution < -0.4 is 10.1 Å². The number of rotatable bonds is 7. The molecule has 1 aromatic heterocycles. The van der Waals surface area contributed by atoms with Gasteiger partial charge in [-0.3, -0.25) is 0 Å². The van der Waals surface area contributed by atoms with Crippen LogP contribution in [0, 0.1) is 5.82 Å². The van der Waals surface area contributed by atoms with Gasteiger partial charge < -0.3 is 10.1 Å². The predicted octanol–water partition coefficient (Wildman–Crippen LogP) is 6.75. The Kier molecular flexibility index (Phi) is 6.53. The molecule has 0 radical (unpaired) electrons. The van der Waals surface area contributed by atoms with Crippen molar-refractivity contribution in [1.82, 2.24) is 9.97 Å². The van der Waals surface area contributed by atoms with Crippen LogP contribution >= 0.6 is 0 Å². The molecule has 0 bridgehead atoms. The van der Waals surface area contributed by atoms with Gasteiger partial charge in [-0.1, -0.05) is 42.5 Å². The normalized spacial score (nSPS) is 11.3. The maximum atomic E-state index is 13.4. The van der Waals surface area contributed by atoms with E-state index in [1.54, 1.807) is 24.3 Å². The van der Waals surface area contributed by atoms with Crippen molar-refractivity contribution in [3.63, 3.8) is 0 Å². The molecule has 0 spiro atoms. The molecule has 3 aromatic carbocycles. The molecule has 0 unspecified atom stereocenters. The highest BCUT2D eigenvalue weighted by atomic mass is 19.4. The van der Waals surface area contributed by atoms with Crippen molar-refractivity contribution >= 4 is 5.95 Å². The number of hydrogen-bond acceptors (Lipinski definition) is 4. The summed E-state index contributed by atoms with van der Waals surface area (Å²) in [6.07, 6.45) is -3.89. The molecule has 1 heterocycles. The Morgan fingerprint density at radius 1 is 0.818 bits per heavy atom. The van der Waals surface area contributed by atoms with E-state index in [0.717, 1.165) is 17.7 Å². The maximum absolute atomic E-state index is 13.4. The van der Waals surface area contributed by atoms with Gasteiger partial charge in [0, 0.05) is 18.2 Å². The average molecular weight is 453 g/mol. The van der Waals surface area contributed by atoms with Crippen LogP contribution in [-0.2, 0) is 12.6 Å². The van der Waals surface area contributed by atoms with E-state index in [9.17, 15) is 17.6 Å². The number of nitrogens with one attached hydrogen (secondary N) is 1. The molecule has 1 N–H and O–H groups in total. The Morgan fingerprint density at radius 3 is 2.27 bits per heavy atom. The minimum Gasteiger partial charge on any atom is -0.439 e. The summed E-state index contributed by atoms with van der Waals surface area (Å²) in [5, 5.41) is 3.08. The van der Waals surface area contributed by atoms with Gasteiger partial charge in [-0.25, -0.2) is 9.37 Å². The minimum atomic E-state index is -4.42. The summed E-state index contributed by atoms with van der Waals surface area (Å²) in [5.74, 6) is 0.723. The molecule has 0 saturated heterocycles. The molecule has 0 aliphatic heterocycles. The van der Waals surface area contributed by atoms with Gasteiger partial charge in [0.1, 0.15) is 11.6 Å². The molecular weight excluding hydrogens is 434 g/mol. The van der Waals surface area contributed by atoms with Gasteiger partial charge >= 0.3 is 6.18 Å². The van der Waals surface area contributed by atoms with Gasteiger partial charge in [0.15, 0.2) is 0 Å². The Bertz CT molecular complexity index is 1210. The number of aromatic nitrogens is 2. The zero-order chi connectivity index (χ0) is 23.3. The maximum Gasteiger partial charge on any atom is 0.416 e. The van der Waals surface area contributed by atoms with Crippen molar-refractivity contribution in [3.8, 4) is 22.9 Å². The number of para-hydroxylation sites is 1. The first kappa shape index (κ1) is 22.3. The smallest absolute Gasteiger partial charge is 0.416 e. The summed E-state index contributed by atoms with van der Waals surface area (Å²) < 4.78 is 58.0. The third-order valence-corrected chi connectivity index (χ3v) is 4.76. The standard InChI is InChI=1S/C25H19F4N3O/c26-20-6-4-5-17(15-20)13-14-30-24-31-22(18-9-11-19(12-10-18)25(27,28)29)16-23(32-24)33-21-7-2-1-3-8-21/h1-12,15-16H,13-14H2,(H,30,31,32). The Morgan fingerprint density at radius 2 is 1.58 bits per heavy atom. The van der Waals surface area contributed by atoms with E-state index in [2.05, 4.69) is 15.3 Å². The second-order valence-electron chi connectivity index (χ2n) is 7.21. The van der Waals surface area contributed by atoms with E-state index < -0.39 is 11.7 Å². The molecule has 0 saturated carbocycles. The van der Waals surface area contributed by atoms with Crippen LogP contribution in [0.4, 0.5) is 23.5 Å². The van der Waals surface area contributed by atoms with Crippen molar-refractivity contribution in [2.75, 3.05) is 11.9 Å². The summed E-state index contributed by atoms with van der Waals surface area (Å²) in [6, 6.07) is 21.6. The van der Waals surface area contributed by atoms with Crippen LogP contribution in [0.15, 0.2) is 84.9 Å². The van der Waals surface area contributed by atoms with Crippen LogP contribution in [0.1, 0.15) is 11.1 Å². The van der Waals surface area contributed by atoms with Gasteiger partial charge in [-0.05, 0) is 48.4 Å². The van der Waals surface area contributed by atoms with E-state index in [1.807, 2.05) is 24.3 Å². The zero-order valence-corrected chi connectivity index (χ0v) is 17.3. The Balaban J connectivity index is 1.58. The minimum absolute atomic E-state index is 0.236. The molecule has 0 amide bonds. The van der Waals surface area contributed by atoms with Crippen LogP contribution in [0.25, 0.3) is 11.3 Å². The zero-order valence-electron chi connectivity index (χ0n) is 17.3. The molecule has 0 aliphatic rings. The van der Waals surface area contributed by atoms with E-state index in [1.165, 1.54) is 24.3 Å². The van der Waals surface area contributed by atoms with E-state index >= 15 is 0 Å². The van der Waals surface area contributed by atoms with Crippen LogP contribution in [0.5, 0.6) is 11.6 Å². The van der Waals surface area contributed by atoms with Gasteiger partial charge in [0.05, 0.1) is 11.3 Å². The topological polar surface area (TPSA) is 47.0 Å². The lowest BCUT2D eigenvalue weighted by molar-refractivity contribution is -0.137. The van der Waals surface area contributed by atoms with Crippen molar-refractivity contribution in [1.29, 1.82) is 0 Å². The molecule has 0 fully saturated rings. The molecule has 4 aromatic rings. The average Bonchev–Trinajstić information content (AvgIpc) is 2.79. The van der Waals surface area contributed by atoms with E-state index in [0.29, 0.717) is 30.0 Å². The van der Waals surface area contributed by atoms with Gasteiger partial charge in [-0.2, -0.15) is 18.2 Å². The Labute approximate surface area is 187 Å². The quantitative estimate of drug-likeness (QED) is 0.315. The first-order valence-corrected chi connectivity index (χ1v) is 10.1. The lowest BCUT2D eigenvalue weighted by Gasteiger charge is -2.12.